The topological polar surface area (TPSA) is 58.6 Å². The number of amides is 2. The van der Waals surface area contributed by atoms with Crippen LogP contribution in [0.2, 0.25) is 0 Å². The van der Waals surface area contributed by atoms with E-state index in [9.17, 15) is 9.59 Å². The summed E-state index contributed by atoms with van der Waals surface area (Å²) >= 11 is 3.56. The molecule has 184 valence electrons. The van der Waals surface area contributed by atoms with Crippen LogP contribution >= 0.6 is 15.9 Å². The van der Waals surface area contributed by atoms with Gasteiger partial charge in [-0.25, -0.2) is 0 Å². The lowest BCUT2D eigenvalue weighted by Gasteiger charge is -2.31. The molecule has 35 heavy (non-hydrogen) atoms. The van der Waals surface area contributed by atoms with Crippen molar-refractivity contribution in [3.63, 3.8) is 0 Å². The van der Waals surface area contributed by atoms with Crippen molar-refractivity contribution in [2.45, 2.75) is 45.7 Å². The Bertz CT molecular complexity index is 1150. The minimum Gasteiger partial charge on any atom is -0.483 e. The largest absolute Gasteiger partial charge is 0.483 e. The minimum atomic E-state index is -0.676. The van der Waals surface area contributed by atoms with Crippen molar-refractivity contribution in [1.82, 2.24) is 10.2 Å². The Hall–Kier alpha value is -3.12. The maximum Gasteiger partial charge on any atom is 0.261 e. The number of halogens is 1. The van der Waals surface area contributed by atoms with E-state index in [2.05, 4.69) is 35.1 Å². The van der Waals surface area contributed by atoms with E-state index >= 15 is 0 Å². The van der Waals surface area contributed by atoms with Crippen LogP contribution in [0.15, 0.2) is 77.3 Å². The molecule has 0 aromatic heterocycles. The number of rotatable bonds is 10. The average molecular weight is 537 g/mol. The Labute approximate surface area is 216 Å². The number of benzene rings is 3. The van der Waals surface area contributed by atoms with Gasteiger partial charge in [-0.2, -0.15) is 0 Å². The first-order valence-corrected chi connectivity index (χ1v) is 12.6. The molecule has 0 saturated heterocycles. The first kappa shape index (κ1) is 26.5. The average Bonchev–Trinajstić information content (AvgIpc) is 2.86. The second-order valence-corrected chi connectivity index (χ2v) is 9.76. The molecular weight excluding hydrogens is 504 g/mol. The Morgan fingerprint density at radius 2 is 1.69 bits per heavy atom. The monoisotopic (exact) mass is 536 g/mol. The van der Waals surface area contributed by atoms with Gasteiger partial charge >= 0.3 is 0 Å². The summed E-state index contributed by atoms with van der Waals surface area (Å²) in [7, 11) is 1.60. The molecule has 2 amide bonds. The van der Waals surface area contributed by atoms with Gasteiger partial charge in [0.2, 0.25) is 5.91 Å². The molecule has 1 N–H and O–H groups in total. The maximum atomic E-state index is 13.6. The van der Waals surface area contributed by atoms with Crippen LogP contribution in [0.4, 0.5) is 0 Å². The second kappa shape index (κ2) is 12.5. The molecule has 0 heterocycles. The van der Waals surface area contributed by atoms with Crippen LogP contribution in [-0.4, -0.2) is 36.4 Å². The zero-order valence-electron chi connectivity index (χ0n) is 20.8. The normalized spacial score (nSPS) is 11.7. The molecule has 1 atom stereocenters. The van der Waals surface area contributed by atoms with Crippen LogP contribution in [0.3, 0.4) is 0 Å². The highest BCUT2D eigenvalue weighted by Gasteiger charge is 2.30. The van der Waals surface area contributed by atoms with Gasteiger partial charge in [0.15, 0.2) is 6.61 Å². The summed E-state index contributed by atoms with van der Waals surface area (Å²) in [6, 6.07) is 22.9. The SMILES string of the molecule is CNC(=O)[C@@H](Cc1ccccc1)N(Cc1ccccc1C)C(=O)COc1ccc(C(C)C)cc1Br. The van der Waals surface area contributed by atoms with E-state index in [1.54, 1.807) is 11.9 Å². The van der Waals surface area contributed by atoms with E-state index in [0.29, 0.717) is 24.6 Å². The smallest absolute Gasteiger partial charge is 0.261 e. The Morgan fingerprint density at radius 1 is 1.00 bits per heavy atom. The predicted molar refractivity (Wildman–Crippen MR) is 143 cm³/mol. The first-order valence-electron chi connectivity index (χ1n) is 11.8. The van der Waals surface area contributed by atoms with Crippen LogP contribution in [0.5, 0.6) is 5.75 Å². The van der Waals surface area contributed by atoms with Gasteiger partial charge in [-0.3, -0.25) is 9.59 Å². The summed E-state index contributed by atoms with van der Waals surface area (Å²) in [5.41, 5.74) is 4.22. The molecule has 0 bridgehead atoms. The van der Waals surface area contributed by atoms with Gasteiger partial charge in [-0.1, -0.05) is 74.5 Å². The summed E-state index contributed by atoms with van der Waals surface area (Å²) in [5, 5.41) is 2.74. The highest BCUT2D eigenvalue weighted by atomic mass is 79.9. The van der Waals surface area contributed by atoms with E-state index in [1.807, 2.05) is 79.7 Å². The molecule has 0 radical (unpaired) electrons. The third-order valence-electron chi connectivity index (χ3n) is 6.09. The third kappa shape index (κ3) is 7.18. The van der Waals surface area contributed by atoms with Gasteiger partial charge in [0.25, 0.3) is 5.91 Å². The number of hydrogen-bond donors (Lipinski definition) is 1. The molecule has 5 nitrogen and oxygen atoms in total. The summed E-state index contributed by atoms with van der Waals surface area (Å²) in [6.07, 6.45) is 0.408. The van der Waals surface area contributed by atoms with Gasteiger partial charge < -0.3 is 15.0 Å². The van der Waals surface area contributed by atoms with Crippen LogP contribution < -0.4 is 10.1 Å². The molecule has 0 unspecified atom stereocenters. The number of nitrogens with zero attached hydrogens (tertiary/aromatic N) is 1. The number of nitrogens with one attached hydrogen (secondary N) is 1. The van der Waals surface area contributed by atoms with Crippen molar-refractivity contribution in [3.05, 3.63) is 99.5 Å². The lowest BCUT2D eigenvalue weighted by atomic mass is 10.0. The number of ether oxygens (including phenoxy) is 1. The Balaban J connectivity index is 1.88. The van der Waals surface area contributed by atoms with Gasteiger partial charge in [-0.05, 0) is 63.2 Å². The molecule has 0 fully saturated rings. The first-order chi connectivity index (χ1) is 16.8. The van der Waals surface area contributed by atoms with Crippen LogP contribution in [0.25, 0.3) is 0 Å². The van der Waals surface area contributed by atoms with Gasteiger partial charge in [0, 0.05) is 20.0 Å². The lowest BCUT2D eigenvalue weighted by molar-refractivity contribution is -0.142. The van der Waals surface area contributed by atoms with Gasteiger partial charge in [0.05, 0.1) is 4.47 Å². The van der Waals surface area contributed by atoms with E-state index in [1.165, 1.54) is 5.56 Å². The van der Waals surface area contributed by atoms with Crippen molar-refractivity contribution in [2.24, 2.45) is 0 Å². The number of likely N-dealkylation sites (N-methyl/N-ethyl adjacent to an activating group) is 1. The molecule has 0 aliphatic rings. The third-order valence-corrected chi connectivity index (χ3v) is 6.71. The number of carbonyl (C=O) groups is 2. The molecule has 0 saturated carbocycles. The minimum absolute atomic E-state index is 0.173. The quantitative estimate of drug-likeness (QED) is 0.364. The molecule has 3 rings (SSSR count). The zero-order valence-corrected chi connectivity index (χ0v) is 22.3. The maximum absolute atomic E-state index is 13.6. The fraction of sp³-hybridized carbons (Fsp3) is 0.310. The predicted octanol–water partition coefficient (Wildman–Crippen LogP) is 5.65. The van der Waals surface area contributed by atoms with Crippen LogP contribution in [0.1, 0.15) is 42.0 Å². The summed E-state index contributed by atoms with van der Waals surface area (Å²) in [5.74, 6) is 0.520. The fourth-order valence-electron chi connectivity index (χ4n) is 3.91. The highest BCUT2D eigenvalue weighted by Crippen LogP contribution is 2.29. The number of aryl methyl sites for hydroxylation is 1. The van der Waals surface area contributed by atoms with E-state index in [-0.39, 0.29) is 18.4 Å². The lowest BCUT2D eigenvalue weighted by Crippen LogP contribution is -2.51. The summed E-state index contributed by atoms with van der Waals surface area (Å²) in [6.45, 7) is 6.40. The zero-order chi connectivity index (χ0) is 25.4. The summed E-state index contributed by atoms with van der Waals surface area (Å²) in [4.78, 5) is 28.2. The van der Waals surface area contributed by atoms with Crippen molar-refractivity contribution in [3.8, 4) is 5.75 Å². The molecular formula is C29H33BrN2O3. The Kier molecular flexibility index (Phi) is 9.49. The van der Waals surface area contributed by atoms with Crippen molar-refractivity contribution >= 4 is 27.7 Å². The number of hydrogen-bond acceptors (Lipinski definition) is 3. The van der Waals surface area contributed by atoms with Crippen molar-refractivity contribution in [2.75, 3.05) is 13.7 Å². The molecule has 3 aromatic rings. The highest BCUT2D eigenvalue weighted by molar-refractivity contribution is 9.10. The second-order valence-electron chi connectivity index (χ2n) is 8.90. The molecule has 3 aromatic carbocycles. The van der Waals surface area contributed by atoms with E-state index < -0.39 is 6.04 Å². The molecule has 0 spiro atoms. The van der Waals surface area contributed by atoms with Crippen LogP contribution in [0, 0.1) is 6.92 Å². The van der Waals surface area contributed by atoms with Crippen LogP contribution in [-0.2, 0) is 22.6 Å². The molecule has 6 heteroatoms. The van der Waals surface area contributed by atoms with E-state index in [0.717, 1.165) is 21.2 Å². The molecule has 0 aliphatic carbocycles. The van der Waals surface area contributed by atoms with E-state index in [4.69, 9.17) is 4.74 Å². The summed E-state index contributed by atoms with van der Waals surface area (Å²) < 4.78 is 6.73. The van der Waals surface area contributed by atoms with Gasteiger partial charge in [0.1, 0.15) is 11.8 Å². The van der Waals surface area contributed by atoms with Gasteiger partial charge in [-0.15, -0.1) is 0 Å². The van der Waals surface area contributed by atoms with Crippen molar-refractivity contribution < 1.29 is 14.3 Å². The molecule has 0 aliphatic heterocycles. The fourth-order valence-corrected chi connectivity index (χ4v) is 4.42. The standard InChI is InChI=1S/C29H33BrN2O3/c1-20(2)23-14-15-27(25(30)17-23)35-19-28(33)32(18-24-13-9-8-10-21(24)3)26(29(34)31-4)16-22-11-6-5-7-12-22/h5-15,17,20,26H,16,18-19H2,1-4H3,(H,31,34)/t26-/m1/s1. The number of carbonyl (C=O) groups excluding carboxylic acids is 2. The Morgan fingerprint density at radius 3 is 2.31 bits per heavy atom. The van der Waals surface area contributed by atoms with Crippen molar-refractivity contribution in [1.29, 1.82) is 0 Å².